The van der Waals surface area contributed by atoms with Crippen LogP contribution in [0.15, 0.2) is 24.3 Å². The molecule has 1 aromatic rings. The fraction of sp³-hybridized carbons (Fsp3) is 0.500. The number of para-hydroxylation sites is 1. The number of hydrogen-bond acceptors (Lipinski definition) is 3. The molecule has 0 saturated heterocycles. The van der Waals surface area contributed by atoms with Crippen LogP contribution in [0, 0.1) is 5.92 Å². The highest BCUT2D eigenvalue weighted by Crippen LogP contribution is 2.26. The van der Waals surface area contributed by atoms with Gasteiger partial charge in [-0.15, -0.1) is 0 Å². The number of benzene rings is 1. The molecule has 0 aromatic heterocycles. The second kappa shape index (κ2) is 5.85. The normalized spacial score (nSPS) is 24.6. The van der Waals surface area contributed by atoms with E-state index < -0.39 is 0 Å². The zero-order chi connectivity index (χ0) is 14.8. The maximum absolute atomic E-state index is 12.3. The molecule has 0 aliphatic heterocycles. The molecule has 2 saturated carbocycles. The highest BCUT2D eigenvalue weighted by molar-refractivity contribution is 6.04. The van der Waals surface area contributed by atoms with Gasteiger partial charge in [0.1, 0.15) is 0 Å². The molecule has 2 unspecified atom stereocenters. The summed E-state index contributed by atoms with van der Waals surface area (Å²) in [7, 11) is 0. The van der Waals surface area contributed by atoms with Crippen molar-refractivity contribution in [1.82, 2.24) is 5.32 Å². The van der Waals surface area contributed by atoms with Crippen LogP contribution in [-0.2, 0) is 4.79 Å². The SMILES string of the molecule is NC1CCCC1C(=O)Nc1ccccc1C(=O)NC1CC1. The lowest BCUT2D eigenvalue weighted by Crippen LogP contribution is -2.35. The van der Waals surface area contributed by atoms with Gasteiger partial charge in [-0.25, -0.2) is 0 Å². The van der Waals surface area contributed by atoms with Gasteiger partial charge in [0.05, 0.1) is 17.2 Å². The van der Waals surface area contributed by atoms with E-state index in [1.165, 1.54) is 0 Å². The third kappa shape index (κ3) is 3.24. The number of amides is 2. The van der Waals surface area contributed by atoms with Gasteiger partial charge in [-0.2, -0.15) is 0 Å². The van der Waals surface area contributed by atoms with E-state index in [0.717, 1.165) is 32.1 Å². The zero-order valence-corrected chi connectivity index (χ0v) is 12.0. The summed E-state index contributed by atoms with van der Waals surface area (Å²) >= 11 is 0. The third-order valence-corrected chi connectivity index (χ3v) is 4.25. The van der Waals surface area contributed by atoms with Gasteiger partial charge in [0.25, 0.3) is 5.91 Å². The molecule has 5 heteroatoms. The number of rotatable bonds is 4. The molecule has 0 spiro atoms. The minimum absolute atomic E-state index is 0.0718. The molecule has 1 aromatic carbocycles. The number of nitrogens with two attached hydrogens (primary N) is 1. The minimum Gasteiger partial charge on any atom is -0.349 e. The Morgan fingerprint density at radius 2 is 1.86 bits per heavy atom. The summed E-state index contributed by atoms with van der Waals surface area (Å²) in [6, 6.07) is 7.35. The fourth-order valence-corrected chi connectivity index (χ4v) is 2.82. The smallest absolute Gasteiger partial charge is 0.253 e. The second-order valence-corrected chi connectivity index (χ2v) is 5.98. The van der Waals surface area contributed by atoms with Gasteiger partial charge in [-0.1, -0.05) is 18.6 Å². The summed E-state index contributed by atoms with van der Waals surface area (Å²) in [6.07, 6.45) is 4.78. The van der Waals surface area contributed by atoms with Crippen molar-refractivity contribution in [3.8, 4) is 0 Å². The molecule has 2 aliphatic rings. The van der Waals surface area contributed by atoms with Crippen LogP contribution in [0.4, 0.5) is 5.69 Å². The van der Waals surface area contributed by atoms with Crippen LogP contribution in [0.5, 0.6) is 0 Å². The molecule has 5 nitrogen and oxygen atoms in total. The zero-order valence-electron chi connectivity index (χ0n) is 12.0. The van der Waals surface area contributed by atoms with E-state index in [1.54, 1.807) is 18.2 Å². The highest BCUT2D eigenvalue weighted by atomic mass is 16.2. The Hall–Kier alpha value is -1.88. The number of nitrogens with one attached hydrogen (secondary N) is 2. The Morgan fingerprint density at radius 1 is 1.10 bits per heavy atom. The van der Waals surface area contributed by atoms with Gasteiger partial charge in [-0.05, 0) is 37.8 Å². The second-order valence-electron chi connectivity index (χ2n) is 5.98. The van der Waals surface area contributed by atoms with Crippen molar-refractivity contribution in [2.75, 3.05) is 5.32 Å². The Labute approximate surface area is 124 Å². The Bertz CT molecular complexity index is 554. The number of carbonyl (C=O) groups is 2. The van der Waals surface area contributed by atoms with Gasteiger partial charge in [0.2, 0.25) is 5.91 Å². The number of hydrogen-bond donors (Lipinski definition) is 3. The first-order valence-electron chi connectivity index (χ1n) is 7.61. The molecule has 4 N–H and O–H groups in total. The standard InChI is InChI=1S/C16H21N3O2/c17-13-6-3-5-11(13)15(20)19-14-7-2-1-4-12(14)16(21)18-10-8-9-10/h1-2,4,7,10-11,13H,3,5-6,8-9,17H2,(H,18,21)(H,19,20). The predicted molar refractivity (Wildman–Crippen MR) is 80.9 cm³/mol. The van der Waals surface area contributed by atoms with Crippen LogP contribution in [0.1, 0.15) is 42.5 Å². The summed E-state index contributed by atoms with van der Waals surface area (Å²) < 4.78 is 0. The van der Waals surface area contributed by atoms with Crippen LogP contribution in [0.2, 0.25) is 0 Å². The first-order valence-corrected chi connectivity index (χ1v) is 7.61. The fourth-order valence-electron chi connectivity index (χ4n) is 2.82. The largest absolute Gasteiger partial charge is 0.349 e. The minimum atomic E-state index is -0.149. The Morgan fingerprint density at radius 3 is 2.52 bits per heavy atom. The maximum Gasteiger partial charge on any atom is 0.253 e. The van der Waals surface area contributed by atoms with Crippen molar-refractivity contribution in [3.63, 3.8) is 0 Å². The lowest BCUT2D eigenvalue weighted by molar-refractivity contribution is -0.120. The average molecular weight is 287 g/mol. The van der Waals surface area contributed by atoms with E-state index in [9.17, 15) is 9.59 Å². The molecule has 2 atom stereocenters. The van der Waals surface area contributed by atoms with E-state index >= 15 is 0 Å². The lowest BCUT2D eigenvalue weighted by atomic mass is 10.0. The van der Waals surface area contributed by atoms with Gasteiger partial charge in [0.15, 0.2) is 0 Å². The highest BCUT2D eigenvalue weighted by Gasteiger charge is 2.31. The summed E-state index contributed by atoms with van der Waals surface area (Å²) in [6.45, 7) is 0. The van der Waals surface area contributed by atoms with Gasteiger partial charge in [-0.3, -0.25) is 9.59 Å². The van der Waals surface area contributed by atoms with Crippen molar-refractivity contribution in [1.29, 1.82) is 0 Å². The van der Waals surface area contributed by atoms with Crippen molar-refractivity contribution in [2.24, 2.45) is 11.7 Å². The molecule has 0 heterocycles. The van der Waals surface area contributed by atoms with E-state index in [2.05, 4.69) is 10.6 Å². The van der Waals surface area contributed by atoms with Gasteiger partial charge < -0.3 is 16.4 Å². The summed E-state index contributed by atoms with van der Waals surface area (Å²) in [4.78, 5) is 24.5. The molecule has 112 valence electrons. The monoisotopic (exact) mass is 287 g/mol. The van der Waals surface area contributed by atoms with Crippen molar-refractivity contribution >= 4 is 17.5 Å². The Balaban J connectivity index is 1.72. The summed E-state index contributed by atoms with van der Waals surface area (Å²) in [5.41, 5.74) is 7.05. The maximum atomic E-state index is 12.3. The Kier molecular flexibility index (Phi) is 3.92. The molecular formula is C16H21N3O2. The molecule has 0 bridgehead atoms. The van der Waals surface area contributed by atoms with E-state index in [4.69, 9.17) is 5.73 Å². The quantitative estimate of drug-likeness (QED) is 0.787. The van der Waals surface area contributed by atoms with Gasteiger partial charge in [0, 0.05) is 12.1 Å². The summed E-state index contributed by atoms with van der Waals surface area (Å²) in [5.74, 6) is -0.347. The van der Waals surface area contributed by atoms with Crippen molar-refractivity contribution in [2.45, 2.75) is 44.2 Å². The third-order valence-electron chi connectivity index (χ3n) is 4.25. The topological polar surface area (TPSA) is 84.2 Å². The summed E-state index contributed by atoms with van der Waals surface area (Å²) in [5, 5.41) is 5.82. The first kappa shape index (κ1) is 14.1. The van der Waals surface area contributed by atoms with Crippen LogP contribution < -0.4 is 16.4 Å². The van der Waals surface area contributed by atoms with Crippen LogP contribution in [-0.4, -0.2) is 23.9 Å². The van der Waals surface area contributed by atoms with Crippen LogP contribution in [0.25, 0.3) is 0 Å². The van der Waals surface area contributed by atoms with E-state index in [-0.39, 0.29) is 23.8 Å². The number of carbonyl (C=O) groups excluding carboxylic acids is 2. The van der Waals surface area contributed by atoms with Crippen molar-refractivity contribution < 1.29 is 9.59 Å². The molecule has 2 fully saturated rings. The van der Waals surface area contributed by atoms with Crippen molar-refractivity contribution in [3.05, 3.63) is 29.8 Å². The molecule has 3 rings (SSSR count). The molecule has 0 radical (unpaired) electrons. The lowest BCUT2D eigenvalue weighted by Gasteiger charge is -2.17. The molecule has 21 heavy (non-hydrogen) atoms. The van der Waals surface area contributed by atoms with E-state index in [0.29, 0.717) is 17.3 Å². The van der Waals surface area contributed by atoms with E-state index in [1.807, 2.05) is 6.07 Å². The van der Waals surface area contributed by atoms with Gasteiger partial charge >= 0.3 is 0 Å². The van der Waals surface area contributed by atoms with Crippen LogP contribution >= 0.6 is 0 Å². The average Bonchev–Trinajstić information content (AvgIpc) is 3.17. The molecular weight excluding hydrogens is 266 g/mol. The number of anilines is 1. The predicted octanol–water partition coefficient (Wildman–Crippen LogP) is 1.64. The molecule has 2 amide bonds. The first-order chi connectivity index (χ1) is 10.1. The van der Waals surface area contributed by atoms with Crippen LogP contribution in [0.3, 0.4) is 0 Å². The molecule has 2 aliphatic carbocycles.